The zero-order valence-corrected chi connectivity index (χ0v) is 10.4. The van der Waals surface area contributed by atoms with Gasteiger partial charge in [0.2, 0.25) is 11.8 Å². The Kier molecular flexibility index (Phi) is 2.76. The summed E-state index contributed by atoms with van der Waals surface area (Å²) in [5.74, 6) is 1.05. The molecule has 0 aliphatic carbocycles. The molecule has 0 spiro atoms. The number of benzene rings is 2. The highest BCUT2D eigenvalue weighted by atomic mass is 16.4. The van der Waals surface area contributed by atoms with Crippen LogP contribution in [-0.4, -0.2) is 15.3 Å². The van der Waals surface area contributed by atoms with Crippen LogP contribution in [0.3, 0.4) is 0 Å². The molecule has 1 heterocycles. The van der Waals surface area contributed by atoms with Gasteiger partial charge in [-0.05, 0) is 36.8 Å². The van der Waals surface area contributed by atoms with E-state index in [9.17, 15) is 5.11 Å². The summed E-state index contributed by atoms with van der Waals surface area (Å²) in [4.78, 5) is 0. The Hall–Kier alpha value is -2.62. The van der Waals surface area contributed by atoms with Crippen LogP contribution in [0.4, 0.5) is 0 Å². The molecular formula is C15H12N2O2. The van der Waals surface area contributed by atoms with Gasteiger partial charge in [0.15, 0.2) is 0 Å². The molecule has 0 saturated carbocycles. The molecule has 0 aliphatic rings. The molecule has 3 aromatic rings. The van der Waals surface area contributed by atoms with Gasteiger partial charge in [0.1, 0.15) is 5.75 Å². The smallest absolute Gasteiger partial charge is 0.248 e. The van der Waals surface area contributed by atoms with Gasteiger partial charge in [-0.15, -0.1) is 10.2 Å². The van der Waals surface area contributed by atoms with Crippen molar-refractivity contribution in [1.82, 2.24) is 10.2 Å². The Morgan fingerprint density at radius 3 is 2.53 bits per heavy atom. The van der Waals surface area contributed by atoms with Crippen LogP contribution in [0.1, 0.15) is 5.56 Å². The van der Waals surface area contributed by atoms with E-state index >= 15 is 0 Å². The minimum Gasteiger partial charge on any atom is -0.508 e. The quantitative estimate of drug-likeness (QED) is 0.759. The minimum absolute atomic E-state index is 0.174. The van der Waals surface area contributed by atoms with Gasteiger partial charge in [0.25, 0.3) is 0 Å². The van der Waals surface area contributed by atoms with E-state index in [0.717, 1.165) is 11.1 Å². The normalized spacial score (nSPS) is 10.6. The molecule has 0 radical (unpaired) electrons. The molecular weight excluding hydrogens is 240 g/mol. The first-order valence-corrected chi connectivity index (χ1v) is 5.93. The summed E-state index contributed by atoms with van der Waals surface area (Å²) in [7, 11) is 0. The van der Waals surface area contributed by atoms with Gasteiger partial charge in [-0.1, -0.05) is 24.3 Å². The maximum Gasteiger partial charge on any atom is 0.248 e. The fourth-order valence-corrected chi connectivity index (χ4v) is 1.90. The van der Waals surface area contributed by atoms with E-state index in [4.69, 9.17) is 4.42 Å². The zero-order valence-electron chi connectivity index (χ0n) is 10.4. The van der Waals surface area contributed by atoms with Crippen molar-refractivity contribution >= 4 is 0 Å². The van der Waals surface area contributed by atoms with E-state index in [1.54, 1.807) is 18.2 Å². The first-order chi connectivity index (χ1) is 9.24. The average Bonchev–Trinajstić information content (AvgIpc) is 2.89. The standard InChI is InChI=1S/C15H12N2O2/c1-10-5-2-3-8-13(10)15-17-16-14(19-15)11-6-4-7-12(18)9-11/h2-9,18H,1H3. The van der Waals surface area contributed by atoms with E-state index in [0.29, 0.717) is 17.3 Å². The number of hydrogen-bond donors (Lipinski definition) is 1. The summed E-state index contributed by atoms with van der Waals surface area (Å²) in [5.41, 5.74) is 2.70. The van der Waals surface area contributed by atoms with E-state index < -0.39 is 0 Å². The fraction of sp³-hybridized carbons (Fsp3) is 0.0667. The third kappa shape index (κ3) is 2.20. The summed E-state index contributed by atoms with van der Waals surface area (Å²) >= 11 is 0. The predicted octanol–water partition coefficient (Wildman–Crippen LogP) is 3.42. The molecule has 0 unspecified atom stereocenters. The molecule has 0 amide bonds. The first-order valence-electron chi connectivity index (χ1n) is 5.93. The van der Waals surface area contributed by atoms with Crippen LogP contribution in [0.25, 0.3) is 22.9 Å². The number of phenols is 1. The van der Waals surface area contributed by atoms with Crippen molar-refractivity contribution in [1.29, 1.82) is 0 Å². The highest BCUT2D eigenvalue weighted by Crippen LogP contribution is 2.27. The second-order valence-corrected chi connectivity index (χ2v) is 4.28. The SMILES string of the molecule is Cc1ccccc1-c1nnc(-c2cccc(O)c2)o1. The van der Waals surface area contributed by atoms with E-state index in [1.807, 2.05) is 37.3 Å². The number of rotatable bonds is 2. The van der Waals surface area contributed by atoms with Crippen molar-refractivity contribution in [2.45, 2.75) is 6.92 Å². The van der Waals surface area contributed by atoms with Crippen LogP contribution >= 0.6 is 0 Å². The third-order valence-corrected chi connectivity index (χ3v) is 2.89. The summed E-state index contributed by atoms with van der Waals surface area (Å²) in [6, 6.07) is 14.6. The van der Waals surface area contributed by atoms with Crippen molar-refractivity contribution in [3.63, 3.8) is 0 Å². The van der Waals surface area contributed by atoms with Crippen molar-refractivity contribution in [3.05, 3.63) is 54.1 Å². The Labute approximate surface area is 110 Å². The summed E-state index contributed by atoms with van der Waals surface area (Å²) < 4.78 is 5.66. The van der Waals surface area contributed by atoms with Gasteiger partial charge in [0, 0.05) is 11.1 Å². The summed E-state index contributed by atoms with van der Waals surface area (Å²) in [6.07, 6.45) is 0. The third-order valence-electron chi connectivity index (χ3n) is 2.89. The first kappa shape index (κ1) is 11.5. The number of aromatic hydroxyl groups is 1. The lowest BCUT2D eigenvalue weighted by atomic mass is 10.1. The van der Waals surface area contributed by atoms with Crippen LogP contribution in [0, 0.1) is 6.92 Å². The van der Waals surface area contributed by atoms with Crippen molar-refractivity contribution in [2.24, 2.45) is 0 Å². The minimum atomic E-state index is 0.174. The molecule has 0 bridgehead atoms. The lowest BCUT2D eigenvalue weighted by Crippen LogP contribution is -1.81. The van der Waals surface area contributed by atoms with Crippen LogP contribution in [-0.2, 0) is 0 Å². The largest absolute Gasteiger partial charge is 0.508 e. The lowest BCUT2D eigenvalue weighted by Gasteiger charge is -1.99. The van der Waals surface area contributed by atoms with Gasteiger partial charge >= 0.3 is 0 Å². The van der Waals surface area contributed by atoms with Gasteiger partial charge in [0.05, 0.1) is 0 Å². The Bertz CT molecular complexity index is 719. The van der Waals surface area contributed by atoms with Crippen LogP contribution in [0.2, 0.25) is 0 Å². The second kappa shape index (κ2) is 4.57. The van der Waals surface area contributed by atoms with E-state index in [2.05, 4.69) is 10.2 Å². The van der Waals surface area contributed by atoms with Crippen LogP contribution < -0.4 is 0 Å². The Morgan fingerprint density at radius 1 is 0.947 bits per heavy atom. The molecule has 2 aromatic carbocycles. The maximum atomic E-state index is 9.45. The highest BCUT2D eigenvalue weighted by molar-refractivity contribution is 5.61. The molecule has 3 rings (SSSR count). The highest BCUT2D eigenvalue weighted by Gasteiger charge is 2.12. The summed E-state index contributed by atoms with van der Waals surface area (Å²) in [6.45, 7) is 1.99. The van der Waals surface area contributed by atoms with Crippen LogP contribution in [0.15, 0.2) is 52.9 Å². The fourth-order valence-electron chi connectivity index (χ4n) is 1.90. The predicted molar refractivity (Wildman–Crippen MR) is 71.6 cm³/mol. The number of aryl methyl sites for hydroxylation is 1. The molecule has 94 valence electrons. The van der Waals surface area contributed by atoms with Gasteiger partial charge in [-0.2, -0.15) is 0 Å². The second-order valence-electron chi connectivity index (χ2n) is 4.28. The molecule has 0 fully saturated rings. The molecule has 4 nitrogen and oxygen atoms in total. The lowest BCUT2D eigenvalue weighted by molar-refractivity contribution is 0.475. The Balaban J connectivity index is 2.03. The molecule has 1 N–H and O–H groups in total. The van der Waals surface area contributed by atoms with E-state index in [-0.39, 0.29) is 5.75 Å². The number of phenolic OH excluding ortho intramolecular Hbond substituents is 1. The van der Waals surface area contributed by atoms with Crippen molar-refractivity contribution in [3.8, 4) is 28.7 Å². The van der Waals surface area contributed by atoms with E-state index in [1.165, 1.54) is 0 Å². The molecule has 0 atom stereocenters. The molecule has 0 saturated heterocycles. The average molecular weight is 252 g/mol. The summed E-state index contributed by atoms with van der Waals surface area (Å²) in [5, 5.41) is 17.5. The maximum absolute atomic E-state index is 9.45. The molecule has 0 aliphatic heterocycles. The molecule has 1 aromatic heterocycles. The monoisotopic (exact) mass is 252 g/mol. The topological polar surface area (TPSA) is 59.2 Å². The molecule has 4 heteroatoms. The number of nitrogens with zero attached hydrogens (tertiary/aromatic N) is 2. The van der Waals surface area contributed by atoms with Gasteiger partial charge in [-0.25, -0.2) is 0 Å². The van der Waals surface area contributed by atoms with Crippen LogP contribution in [0.5, 0.6) is 5.75 Å². The zero-order chi connectivity index (χ0) is 13.2. The number of hydrogen-bond acceptors (Lipinski definition) is 4. The van der Waals surface area contributed by atoms with Crippen molar-refractivity contribution < 1.29 is 9.52 Å². The Morgan fingerprint density at radius 2 is 1.74 bits per heavy atom. The van der Waals surface area contributed by atoms with Gasteiger partial charge in [-0.3, -0.25) is 0 Å². The number of aromatic nitrogens is 2. The van der Waals surface area contributed by atoms with Gasteiger partial charge < -0.3 is 9.52 Å². The van der Waals surface area contributed by atoms with Crippen molar-refractivity contribution in [2.75, 3.05) is 0 Å². The molecule has 19 heavy (non-hydrogen) atoms.